The lowest BCUT2D eigenvalue weighted by Gasteiger charge is -2.31. The minimum absolute atomic E-state index is 0.193. The fourth-order valence-corrected chi connectivity index (χ4v) is 1.91. The van der Waals surface area contributed by atoms with E-state index in [1.165, 1.54) is 0 Å². The van der Waals surface area contributed by atoms with Crippen molar-refractivity contribution in [2.45, 2.75) is 25.3 Å². The van der Waals surface area contributed by atoms with Gasteiger partial charge >= 0.3 is 0 Å². The van der Waals surface area contributed by atoms with Gasteiger partial charge in [0.2, 0.25) is 11.8 Å². The van der Waals surface area contributed by atoms with E-state index in [0.717, 1.165) is 0 Å². The van der Waals surface area contributed by atoms with Crippen molar-refractivity contribution in [2.24, 2.45) is 5.73 Å². The van der Waals surface area contributed by atoms with Crippen LogP contribution in [-0.2, 0) is 9.53 Å². The second-order valence-corrected chi connectivity index (χ2v) is 4.54. The standard InChI is InChI=1S/C13H19N3O3/c1-2-19-11-4-3-10(9-15-11)16-12(17)13(14)5-7-18-8-6-13/h3-4,9H,2,5-8,14H2,1H3,(H,16,17). The van der Waals surface area contributed by atoms with Crippen molar-refractivity contribution in [3.63, 3.8) is 0 Å². The summed E-state index contributed by atoms with van der Waals surface area (Å²) >= 11 is 0. The number of hydrogen-bond donors (Lipinski definition) is 2. The molecule has 1 aliphatic heterocycles. The third-order valence-corrected chi connectivity index (χ3v) is 3.12. The van der Waals surface area contributed by atoms with E-state index in [1.807, 2.05) is 6.92 Å². The van der Waals surface area contributed by atoms with Gasteiger partial charge in [-0.1, -0.05) is 0 Å². The lowest BCUT2D eigenvalue weighted by molar-refractivity contribution is -0.124. The summed E-state index contributed by atoms with van der Waals surface area (Å²) in [6, 6.07) is 3.46. The summed E-state index contributed by atoms with van der Waals surface area (Å²) in [7, 11) is 0. The van der Waals surface area contributed by atoms with Crippen LogP contribution in [0.1, 0.15) is 19.8 Å². The number of rotatable bonds is 4. The zero-order valence-corrected chi connectivity index (χ0v) is 11.0. The summed E-state index contributed by atoms with van der Waals surface area (Å²) in [5.74, 6) is 0.343. The van der Waals surface area contributed by atoms with Gasteiger partial charge in [-0.05, 0) is 25.8 Å². The van der Waals surface area contributed by atoms with Crippen molar-refractivity contribution in [2.75, 3.05) is 25.1 Å². The van der Waals surface area contributed by atoms with Crippen molar-refractivity contribution in [3.8, 4) is 5.88 Å². The minimum atomic E-state index is -0.850. The number of carbonyl (C=O) groups is 1. The fourth-order valence-electron chi connectivity index (χ4n) is 1.91. The zero-order valence-electron chi connectivity index (χ0n) is 11.0. The van der Waals surface area contributed by atoms with Crippen LogP contribution in [0.5, 0.6) is 5.88 Å². The number of pyridine rings is 1. The maximum absolute atomic E-state index is 12.1. The predicted octanol–water partition coefficient (Wildman–Crippen LogP) is 0.927. The highest BCUT2D eigenvalue weighted by atomic mass is 16.5. The van der Waals surface area contributed by atoms with Crippen LogP contribution in [0.4, 0.5) is 5.69 Å². The lowest BCUT2D eigenvalue weighted by atomic mass is 9.90. The molecular weight excluding hydrogens is 246 g/mol. The molecule has 0 radical (unpaired) electrons. The number of amides is 1. The number of anilines is 1. The number of ether oxygens (including phenoxy) is 2. The third kappa shape index (κ3) is 3.42. The first-order valence-corrected chi connectivity index (χ1v) is 6.41. The van der Waals surface area contributed by atoms with Crippen molar-refractivity contribution >= 4 is 11.6 Å². The molecule has 0 aromatic carbocycles. The van der Waals surface area contributed by atoms with E-state index < -0.39 is 5.54 Å². The predicted molar refractivity (Wildman–Crippen MR) is 71.0 cm³/mol. The van der Waals surface area contributed by atoms with Crippen LogP contribution in [0.25, 0.3) is 0 Å². The number of nitrogens with one attached hydrogen (secondary N) is 1. The minimum Gasteiger partial charge on any atom is -0.478 e. The van der Waals surface area contributed by atoms with Gasteiger partial charge in [-0.2, -0.15) is 0 Å². The Labute approximate surface area is 112 Å². The highest BCUT2D eigenvalue weighted by Gasteiger charge is 2.35. The molecule has 0 atom stereocenters. The Morgan fingerprint density at radius 3 is 2.84 bits per heavy atom. The lowest BCUT2D eigenvalue weighted by Crippen LogP contribution is -2.54. The first-order valence-electron chi connectivity index (χ1n) is 6.41. The van der Waals surface area contributed by atoms with Gasteiger partial charge in [0.25, 0.3) is 0 Å². The normalized spacial score (nSPS) is 17.8. The number of nitrogens with two attached hydrogens (primary N) is 1. The summed E-state index contributed by atoms with van der Waals surface area (Å²) in [5.41, 5.74) is 5.86. The van der Waals surface area contributed by atoms with Gasteiger partial charge in [0.1, 0.15) is 5.54 Å². The quantitative estimate of drug-likeness (QED) is 0.845. The molecule has 6 heteroatoms. The molecule has 19 heavy (non-hydrogen) atoms. The molecule has 1 aliphatic rings. The summed E-state index contributed by atoms with van der Waals surface area (Å²) < 4.78 is 10.5. The van der Waals surface area contributed by atoms with Crippen molar-refractivity contribution in [3.05, 3.63) is 18.3 Å². The van der Waals surface area contributed by atoms with E-state index in [2.05, 4.69) is 10.3 Å². The second-order valence-electron chi connectivity index (χ2n) is 4.54. The molecule has 2 rings (SSSR count). The fraction of sp³-hybridized carbons (Fsp3) is 0.538. The Balaban J connectivity index is 1.98. The molecule has 104 valence electrons. The van der Waals surface area contributed by atoms with E-state index >= 15 is 0 Å². The van der Waals surface area contributed by atoms with Crippen LogP contribution < -0.4 is 15.8 Å². The largest absolute Gasteiger partial charge is 0.478 e. The van der Waals surface area contributed by atoms with Crippen LogP contribution >= 0.6 is 0 Å². The average molecular weight is 265 g/mol. The van der Waals surface area contributed by atoms with Crippen LogP contribution in [0, 0.1) is 0 Å². The van der Waals surface area contributed by atoms with Gasteiger partial charge in [0.05, 0.1) is 18.5 Å². The summed E-state index contributed by atoms with van der Waals surface area (Å²) in [4.78, 5) is 16.2. The summed E-state index contributed by atoms with van der Waals surface area (Å²) in [6.07, 6.45) is 2.62. The first kappa shape index (κ1) is 13.8. The van der Waals surface area contributed by atoms with E-state index in [9.17, 15) is 4.79 Å². The molecule has 6 nitrogen and oxygen atoms in total. The Bertz CT molecular complexity index is 427. The maximum atomic E-state index is 12.1. The molecule has 2 heterocycles. The molecule has 1 aromatic rings. The number of hydrogen-bond acceptors (Lipinski definition) is 5. The van der Waals surface area contributed by atoms with Crippen molar-refractivity contribution < 1.29 is 14.3 Å². The molecule has 0 bridgehead atoms. The van der Waals surface area contributed by atoms with E-state index in [1.54, 1.807) is 18.3 Å². The number of aromatic nitrogens is 1. The summed E-state index contributed by atoms with van der Waals surface area (Å²) in [6.45, 7) is 3.49. The van der Waals surface area contributed by atoms with E-state index in [-0.39, 0.29) is 5.91 Å². The Kier molecular flexibility index (Phi) is 4.34. The molecule has 0 saturated carbocycles. The zero-order chi connectivity index (χ0) is 13.7. The highest BCUT2D eigenvalue weighted by Crippen LogP contribution is 2.20. The van der Waals surface area contributed by atoms with Crippen LogP contribution in [0.2, 0.25) is 0 Å². The molecule has 1 fully saturated rings. The monoisotopic (exact) mass is 265 g/mol. The van der Waals surface area contributed by atoms with Gasteiger partial charge in [-0.15, -0.1) is 0 Å². The maximum Gasteiger partial charge on any atom is 0.244 e. The first-order chi connectivity index (χ1) is 9.14. The van der Waals surface area contributed by atoms with Crippen molar-refractivity contribution in [1.82, 2.24) is 4.98 Å². The molecular formula is C13H19N3O3. The van der Waals surface area contributed by atoms with Gasteiger partial charge < -0.3 is 20.5 Å². The molecule has 1 amide bonds. The van der Waals surface area contributed by atoms with Crippen molar-refractivity contribution in [1.29, 1.82) is 0 Å². The number of carbonyl (C=O) groups excluding carboxylic acids is 1. The molecule has 0 spiro atoms. The van der Waals surface area contributed by atoms with E-state index in [4.69, 9.17) is 15.2 Å². The Hall–Kier alpha value is -1.66. The van der Waals surface area contributed by atoms with Crippen LogP contribution in [0.15, 0.2) is 18.3 Å². The number of nitrogens with zero attached hydrogens (tertiary/aromatic N) is 1. The van der Waals surface area contributed by atoms with E-state index in [0.29, 0.717) is 44.2 Å². The average Bonchev–Trinajstić information content (AvgIpc) is 2.42. The molecule has 1 saturated heterocycles. The van der Waals surface area contributed by atoms with Gasteiger partial charge in [-0.3, -0.25) is 4.79 Å². The molecule has 0 unspecified atom stereocenters. The van der Waals surface area contributed by atoms with Gasteiger partial charge in [0.15, 0.2) is 0 Å². The highest BCUT2D eigenvalue weighted by molar-refractivity contribution is 5.97. The topological polar surface area (TPSA) is 86.5 Å². The SMILES string of the molecule is CCOc1ccc(NC(=O)C2(N)CCOCC2)cn1. The molecule has 0 aliphatic carbocycles. The second kappa shape index (κ2) is 5.99. The third-order valence-electron chi connectivity index (χ3n) is 3.12. The van der Waals surface area contributed by atoms with Crippen LogP contribution in [-0.4, -0.2) is 36.3 Å². The van der Waals surface area contributed by atoms with Gasteiger partial charge in [-0.25, -0.2) is 4.98 Å². The molecule has 1 aromatic heterocycles. The summed E-state index contributed by atoms with van der Waals surface area (Å²) in [5, 5.41) is 2.78. The Morgan fingerprint density at radius 2 is 2.26 bits per heavy atom. The smallest absolute Gasteiger partial charge is 0.244 e. The Morgan fingerprint density at radius 1 is 1.53 bits per heavy atom. The van der Waals surface area contributed by atoms with Crippen LogP contribution in [0.3, 0.4) is 0 Å². The van der Waals surface area contributed by atoms with Gasteiger partial charge in [0, 0.05) is 19.3 Å². The molecule has 3 N–H and O–H groups in total.